The first-order valence-electron chi connectivity index (χ1n) is 5.43. The molecule has 2 rings (SSSR count). The Morgan fingerprint density at radius 1 is 1.31 bits per heavy atom. The van der Waals surface area contributed by atoms with E-state index in [1.807, 2.05) is 18.0 Å². The first-order valence-corrected chi connectivity index (χ1v) is 7.94. The fourth-order valence-electron chi connectivity index (χ4n) is 1.71. The molecule has 0 aliphatic carbocycles. The van der Waals surface area contributed by atoms with Crippen molar-refractivity contribution in [1.82, 2.24) is 4.90 Å². The Hall–Kier alpha value is -0.780. The predicted octanol–water partition coefficient (Wildman–Crippen LogP) is 1.15. The normalized spacial score (nSPS) is 19.2. The molecule has 0 spiro atoms. The molecule has 0 atom stereocenters. The number of rotatable bonds is 2. The fourth-order valence-corrected chi connectivity index (χ4v) is 4.02. The van der Waals surface area contributed by atoms with Crippen LogP contribution in [0, 0.1) is 0 Å². The van der Waals surface area contributed by atoms with Gasteiger partial charge in [-0.05, 0) is 0 Å². The number of hydrogen-bond acceptors (Lipinski definition) is 1. The van der Waals surface area contributed by atoms with Gasteiger partial charge in [0.2, 0.25) is 0 Å². The first kappa shape index (κ1) is 11.7. The van der Waals surface area contributed by atoms with Gasteiger partial charge in [-0.2, -0.15) is 0 Å². The van der Waals surface area contributed by atoms with E-state index in [2.05, 4.69) is 28.4 Å². The van der Waals surface area contributed by atoms with Crippen molar-refractivity contribution in [2.45, 2.75) is 12.8 Å². The number of likely N-dealkylation sites (tertiary alicyclic amines) is 1. The second-order valence-electron chi connectivity index (χ2n) is 3.90. The number of likely N-dealkylation sites (N-methyl/N-ethyl adjacent to an activating group) is 1. The van der Waals surface area contributed by atoms with Crippen LogP contribution in [0.4, 0.5) is 0 Å². The standard InChI is InChI=1S/C13H15NOTe/c1-14-9-5-6-11(13(14)15)10-16-12-7-3-2-4-8-12/h2-4,7-8,10H,5-6,9H2,1H3/b11-10-. The van der Waals surface area contributed by atoms with Crippen LogP contribution in [-0.2, 0) is 4.79 Å². The van der Waals surface area contributed by atoms with Crippen LogP contribution in [0.1, 0.15) is 12.8 Å². The van der Waals surface area contributed by atoms with Crippen molar-refractivity contribution in [3.63, 3.8) is 0 Å². The molecule has 1 saturated heterocycles. The molecule has 0 N–H and O–H groups in total. The number of carbonyl (C=O) groups excluding carboxylic acids is 1. The Morgan fingerprint density at radius 3 is 2.81 bits per heavy atom. The average Bonchev–Trinajstić information content (AvgIpc) is 2.32. The van der Waals surface area contributed by atoms with Gasteiger partial charge in [0.25, 0.3) is 0 Å². The van der Waals surface area contributed by atoms with Gasteiger partial charge in [0.15, 0.2) is 0 Å². The monoisotopic (exact) mass is 331 g/mol. The number of nitrogens with zero attached hydrogens (tertiary/aromatic N) is 1. The van der Waals surface area contributed by atoms with Gasteiger partial charge in [-0.1, -0.05) is 0 Å². The van der Waals surface area contributed by atoms with E-state index < -0.39 is 0 Å². The third kappa shape index (κ3) is 2.87. The molecule has 1 aliphatic rings. The second kappa shape index (κ2) is 5.52. The molecule has 0 saturated carbocycles. The summed E-state index contributed by atoms with van der Waals surface area (Å²) in [4.78, 5) is 13.7. The molecule has 1 amide bonds. The Morgan fingerprint density at radius 2 is 2.06 bits per heavy atom. The summed E-state index contributed by atoms with van der Waals surface area (Å²) in [7, 11) is 1.89. The first-order chi connectivity index (χ1) is 7.77. The molecule has 3 heteroatoms. The molecule has 1 aromatic carbocycles. The molecule has 0 aromatic heterocycles. The van der Waals surface area contributed by atoms with Crippen molar-refractivity contribution in [2.24, 2.45) is 0 Å². The van der Waals surface area contributed by atoms with Crippen LogP contribution in [0.15, 0.2) is 40.0 Å². The van der Waals surface area contributed by atoms with Crippen LogP contribution in [0.25, 0.3) is 0 Å². The molecule has 16 heavy (non-hydrogen) atoms. The van der Waals surface area contributed by atoms with Gasteiger partial charge < -0.3 is 0 Å². The number of piperidine rings is 1. The van der Waals surface area contributed by atoms with Gasteiger partial charge >= 0.3 is 107 Å². The third-order valence-corrected chi connectivity index (χ3v) is 5.34. The van der Waals surface area contributed by atoms with E-state index >= 15 is 0 Å². The zero-order valence-electron chi connectivity index (χ0n) is 9.35. The van der Waals surface area contributed by atoms with E-state index in [1.165, 1.54) is 3.61 Å². The molecule has 1 fully saturated rings. The predicted molar refractivity (Wildman–Crippen MR) is 66.8 cm³/mol. The van der Waals surface area contributed by atoms with Crippen LogP contribution in [0.2, 0.25) is 0 Å². The molecule has 0 radical (unpaired) electrons. The number of carbonyl (C=O) groups is 1. The molecule has 1 heterocycles. The molecule has 1 aromatic rings. The van der Waals surface area contributed by atoms with Gasteiger partial charge in [0, 0.05) is 0 Å². The number of benzene rings is 1. The maximum atomic E-state index is 11.8. The Kier molecular flexibility index (Phi) is 4.03. The molecule has 0 unspecified atom stereocenters. The van der Waals surface area contributed by atoms with Crippen LogP contribution in [0.5, 0.6) is 0 Å². The van der Waals surface area contributed by atoms with Crippen LogP contribution in [0.3, 0.4) is 0 Å². The molecule has 2 nitrogen and oxygen atoms in total. The molecule has 84 valence electrons. The molecule has 0 bridgehead atoms. The number of amides is 1. The summed E-state index contributed by atoms with van der Waals surface area (Å²) in [6, 6.07) is 10.5. The second-order valence-corrected chi connectivity index (χ2v) is 6.60. The maximum absolute atomic E-state index is 11.8. The minimum atomic E-state index is -0.339. The summed E-state index contributed by atoms with van der Waals surface area (Å²) in [6.07, 6.45) is 2.07. The van der Waals surface area contributed by atoms with Crippen LogP contribution in [-0.4, -0.2) is 45.3 Å². The van der Waals surface area contributed by atoms with Crippen LogP contribution >= 0.6 is 0 Å². The summed E-state index contributed by atoms with van der Waals surface area (Å²) >= 11 is -0.339. The van der Waals surface area contributed by atoms with Gasteiger partial charge in [-0.15, -0.1) is 0 Å². The third-order valence-electron chi connectivity index (χ3n) is 2.64. The Labute approximate surface area is 106 Å². The minimum absolute atomic E-state index is 0.229. The van der Waals surface area contributed by atoms with Gasteiger partial charge in [0.05, 0.1) is 0 Å². The molecule has 1 aliphatic heterocycles. The average molecular weight is 329 g/mol. The van der Waals surface area contributed by atoms with E-state index in [0.717, 1.165) is 25.0 Å². The number of hydrogen-bond donors (Lipinski definition) is 0. The quantitative estimate of drug-likeness (QED) is 0.589. The Bertz CT molecular complexity index is 400. The van der Waals surface area contributed by atoms with E-state index in [4.69, 9.17) is 0 Å². The zero-order chi connectivity index (χ0) is 11.4. The van der Waals surface area contributed by atoms with Crippen molar-refractivity contribution in [3.05, 3.63) is 40.0 Å². The molecular weight excluding hydrogens is 314 g/mol. The van der Waals surface area contributed by atoms with Crippen LogP contribution < -0.4 is 3.61 Å². The molecular formula is C13H15NOTe. The van der Waals surface area contributed by atoms with Crippen molar-refractivity contribution in [3.8, 4) is 0 Å². The van der Waals surface area contributed by atoms with Crippen molar-refractivity contribution in [1.29, 1.82) is 0 Å². The van der Waals surface area contributed by atoms with Crippen molar-refractivity contribution >= 4 is 30.4 Å². The van der Waals surface area contributed by atoms with E-state index in [-0.39, 0.29) is 26.8 Å². The topological polar surface area (TPSA) is 20.3 Å². The Balaban J connectivity index is 2.04. The van der Waals surface area contributed by atoms with Gasteiger partial charge in [0.1, 0.15) is 0 Å². The zero-order valence-corrected chi connectivity index (χ0v) is 11.7. The summed E-state index contributed by atoms with van der Waals surface area (Å²) in [5.74, 6) is 0.229. The fraction of sp³-hybridized carbons (Fsp3) is 0.308. The van der Waals surface area contributed by atoms with Crippen molar-refractivity contribution in [2.75, 3.05) is 13.6 Å². The van der Waals surface area contributed by atoms with E-state index in [1.54, 1.807) is 0 Å². The summed E-state index contributed by atoms with van der Waals surface area (Å²) in [5.41, 5.74) is 1.03. The van der Waals surface area contributed by atoms with Gasteiger partial charge in [-0.3, -0.25) is 0 Å². The van der Waals surface area contributed by atoms with E-state index in [0.29, 0.717) is 0 Å². The summed E-state index contributed by atoms with van der Waals surface area (Å²) < 4.78 is 3.60. The summed E-state index contributed by atoms with van der Waals surface area (Å²) in [6.45, 7) is 0.905. The van der Waals surface area contributed by atoms with Crippen molar-refractivity contribution < 1.29 is 4.79 Å². The summed E-state index contributed by atoms with van der Waals surface area (Å²) in [5, 5.41) is 0. The van der Waals surface area contributed by atoms with Gasteiger partial charge in [-0.25, -0.2) is 0 Å². The van der Waals surface area contributed by atoms with E-state index in [9.17, 15) is 4.79 Å². The SMILES string of the molecule is CN1CCC/C(=C/[Te]c2ccccc2)C1=O.